The first-order valence-electron chi connectivity index (χ1n) is 6.12. The van der Waals surface area contributed by atoms with Gasteiger partial charge in [-0.1, -0.05) is 11.6 Å². The van der Waals surface area contributed by atoms with Crippen LogP contribution in [0.5, 0.6) is 0 Å². The summed E-state index contributed by atoms with van der Waals surface area (Å²) in [4.78, 5) is 2.47. The van der Waals surface area contributed by atoms with Crippen molar-refractivity contribution in [1.82, 2.24) is 0 Å². The number of hydrogen-bond acceptors (Lipinski definition) is 3. The highest BCUT2D eigenvalue weighted by molar-refractivity contribution is 7.99. The highest BCUT2D eigenvalue weighted by Crippen LogP contribution is 2.26. The molecule has 1 aliphatic heterocycles. The zero-order chi connectivity index (χ0) is 12.1. The molecule has 1 fully saturated rings. The molecule has 2 rings (SSSR count). The number of hydrogen-bond donors (Lipinski definition) is 1. The minimum absolute atomic E-state index is 0.677. The van der Waals surface area contributed by atoms with Gasteiger partial charge >= 0.3 is 0 Å². The first-order valence-corrected chi connectivity index (χ1v) is 7.65. The van der Waals surface area contributed by atoms with Crippen molar-refractivity contribution in [2.75, 3.05) is 36.0 Å². The van der Waals surface area contributed by atoms with Gasteiger partial charge in [-0.15, -0.1) is 0 Å². The Morgan fingerprint density at radius 3 is 3.00 bits per heavy atom. The molecule has 0 aromatic heterocycles. The van der Waals surface area contributed by atoms with E-state index in [0.717, 1.165) is 24.5 Å². The molecule has 2 N–H and O–H groups in total. The van der Waals surface area contributed by atoms with Gasteiger partial charge in [0.1, 0.15) is 0 Å². The van der Waals surface area contributed by atoms with Gasteiger partial charge in [-0.2, -0.15) is 11.8 Å². The Balaban J connectivity index is 2.22. The predicted molar refractivity (Wildman–Crippen MR) is 78.4 cm³/mol. The van der Waals surface area contributed by atoms with Gasteiger partial charge in [-0.05, 0) is 48.9 Å². The number of thioether (sulfide) groups is 1. The topological polar surface area (TPSA) is 29.3 Å². The monoisotopic (exact) mass is 270 g/mol. The first kappa shape index (κ1) is 13.1. The van der Waals surface area contributed by atoms with E-state index in [4.69, 9.17) is 17.3 Å². The Morgan fingerprint density at radius 1 is 1.29 bits per heavy atom. The normalized spacial score (nSPS) is 16.9. The minimum atomic E-state index is 0.677. The molecule has 0 bridgehead atoms. The van der Waals surface area contributed by atoms with Crippen LogP contribution in [0, 0.1) is 0 Å². The van der Waals surface area contributed by atoms with Gasteiger partial charge in [-0.3, -0.25) is 0 Å². The maximum Gasteiger partial charge on any atom is 0.0410 e. The molecule has 2 nitrogen and oxygen atoms in total. The van der Waals surface area contributed by atoms with Crippen LogP contribution in [0.2, 0.25) is 5.02 Å². The number of anilines is 1. The Labute approximate surface area is 113 Å². The average Bonchev–Trinajstić information content (AvgIpc) is 2.58. The van der Waals surface area contributed by atoms with E-state index in [1.807, 2.05) is 17.8 Å². The molecule has 0 aliphatic carbocycles. The van der Waals surface area contributed by atoms with Gasteiger partial charge < -0.3 is 10.6 Å². The van der Waals surface area contributed by atoms with Crippen LogP contribution in [-0.4, -0.2) is 31.1 Å². The van der Waals surface area contributed by atoms with Gasteiger partial charge in [0.15, 0.2) is 0 Å². The van der Waals surface area contributed by atoms with Gasteiger partial charge in [0.25, 0.3) is 0 Å². The number of nitrogens with two attached hydrogens (primary N) is 1. The second-order valence-corrected chi connectivity index (χ2v) is 5.93. The Hall–Kier alpha value is -0.380. The van der Waals surface area contributed by atoms with Crippen LogP contribution >= 0.6 is 23.4 Å². The van der Waals surface area contributed by atoms with Crippen LogP contribution in [0.3, 0.4) is 0 Å². The maximum atomic E-state index is 6.06. The molecule has 0 radical (unpaired) electrons. The summed E-state index contributed by atoms with van der Waals surface area (Å²) in [6, 6.07) is 6.18. The minimum Gasteiger partial charge on any atom is -0.370 e. The van der Waals surface area contributed by atoms with Crippen LogP contribution in [-0.2, 0) is 6.42 Å². The lowest BCUT2D eigenvalue weighted by Gasteiger charge is -2.25. The van der Waals surface area contributed by atoms with Crippen molar-refractivity contribution in [2.24, 2.45) is 5.73 Å². The number of benzene rings is 1. The molecule has 1 saturated heterocycles. The van der Waals surface area contributed by atoms with Crippen molar-refractivity contribution in [1.29, 1.82) is 0 Å². The second kappa shape index (κ2) is 6.53. The lowest BCUT2D eigenvalue weighted by atomic mass is 10.1. The molecular weight excluding hydrogens is 252 g/mol. The van der Waals surface area contributed by atoms with Gasteiger partial charge in [0, 0.05) is 29.6 Å². The van der Waals surface area contributed by atoms with Crippen molar-refractivity contribution in [2.45, 2.75) is 12.8 Å². The highest BCUT2D eigenvalue weighted by Gasteiger charge is 2.13. The molecule has 1 aliphatic rings. The third-order valence-corrected chi connectivity index (χ3v) is 4.30. The summed E-state index contributed by atoms with van der Waals surface area (Å²) in [6.07, 6.45) is 2.16. The van der Waals surface area contributed by atoms with Crippen LogP contribution in [0.15, 0.2) is 18.2 Å². The molecule has 1 aromatic carbocycles. The Kier molecular flexibility index (Phi) is 5.01. The Bertz CT molecular complexity index is 362. The third-order valence-electron chi connectivity index (χ3n) is 3.02. The van der Waals surface area contributed by atoms with Crippen LogP contribution < -0.4 is 10.6 Å². The molecule has 0 unspecified atom stereocenters. The molecule has 94 valence electrons. The van der Waals surface area contributed by atoms with E-state index in [0.29, 0.717) is 6.54 Å². The van der Waals surface area contributed by atoms with Crippen molar-refractivity contribution in [3.8, 4) is 0 Å². The maximum absolute atomic E-state index is 6.06. The van der Waals surface area contributed by atoms with Crippen molar-refractivity contribution < 1.29 is 0 Å². The lowest BCUT2D eigenvalue weighted by molar-refractivity contribution is 0.806. The zero-order valence-corrected chi connectivity index (χ0v) is 11.6. The van der Waals surface area contributed by atoms with Crippen LogP contribution in [0.4, 0.5) is 5.69 Å². The molecule has 0 amide bonds. The summed E-state index contributed by atoms with van der Waals surface area (Å²) in [5.74, 6) is 2.49. The van der Waals surface area contributed by atoms with E-state index in [-0.39, 0.29) is 0 Å². The summed E-state index contributed by atoms with van der Waals surface area (Å²) < 4.78 is 0. The van der Waals surface area contributed by atoms with Crippen LogP contribution in [0.1, 0.15) is 12.0 Å². The van der Waals surface area contributed by atoms with Crippen LogP contribution in [0.25, 0.3) is 0 Å². The summed E-state index contributed by atoms with van der Waals surface area (Å²) in [6.45, 7) is 2.95. The van der Waals surface area contributed by atoms with E-state index in [9.17, 15) is 0 Å². The quantitative estimate of drug-likeness (QED) is 0.916. The van der Waals surface area contributed by atoms with Crippen molar-refractivity contribution >= 4 is 29.1 Å². The van der Waals surface area contributed by atoms with Gasteiger partial charge in [0.2, 0.25) is 0 Å². The fourth-order valence-corrected chi connectivity index (χ4v) is 3.29. The van der Waals surface area contributed by atoms with E-state index >= 15 is 0 Å². The van der Waals surface area contributed by atoms with E-state index < -0.39 is 0 Å². The standard InChI is InChI=1S/C13H19ClN2S/c14-12-2-3-13(11(10-12)4-5-15)16-6-1-8-17-9-7-16/h2-3,10H,1,4-9,15H2. The number of rotatable bonds is 3. The summed E-state index contributed by atoms with van der Waals surface area (Å²) in [7, 11) is 0. The summed E-state index contributed by atoms with van der Waals surface area (Å²) >= 11 is 8.10. The van der Waals surface area contributed by atoms with E-state index in [2.05, 4.69) is 17.0 Å². The van der Waals surface area contributed by atoms with Gasteiger partial charge in [0.05, 0.1) is 0 Å². The first-order chi connectivity index (χ1) is 8.31. The fourth-order valence-electron chi connectivity index (χ4n) is 2.21. The number of halogens is 1. The highest BCUT2D eigenvalue weighted by atomic mass is 35.5. The summed E-state index contributed by atoms with van der Waals surface area (Å²) in [5, 5.41) is 0.807. The molecule has 4 heteroatoms. The zero-order valence-electron chi connectivity index (χ0n) is 9.99. The smallest absolute Gasteiger partial charge is 0.0410 e. The van der Waals surface area contributed by atoms with Crippen molar-refractivity contribution in [3.63, 3.8) is 0 Å². The summed E-state index contributed by atoms with van der Waals surface area (Å²) in [5.41, 5.74) is 8.28. The third kappa shape index (κ3) is 3.54. The molecule has 1 heterocycles. The Morgan fingerprint density at radius 2 is 2.18 bits per heavy atom. The van der Waals surface area contributed by atoms with Gasteiger partial charge in [-0.25, -0.2) is 0 Å². The molecule has 1 aromatic rings. The molecule has 0 spiro atoms. The second-order valence-electron chi connectivity index (χ2n) is 4.26. The fraction of sp³-hybridized carbons (Fsp3) is 0.538. The van der Waals surface area contributed by atoms with E-state index in [1.165, 1.54) is 29.2 Å². The largest absolute Gasteiger partial charge is 0.370 e. The van der Waals surface area contributed by atoms with Crippen molar-refractivity contribution in [3.05, 3.63) is 28.8 Å². The SMILES string of the molecule is NCCc1cc(Cl)ccc1N1CCCSCC1. The number of nitrogens with zero attached hydrogens (tertiary/aromatic N) is 1. The molecular formula is C13H19ClN2S. The van der Waals surface area contributed by atoms with E-state index in [1.54, 1.807) is 0 Å². The predicted octanol–water partition coefficient (Wildman–Crippen LogP) is 2.78. The lowest BCUT2D eigenvalue weighted by Crippen LogP contribution is -2.26. The molecule has 0 atom stereocenters. The molecule has 17 heavy (non-hydrogen) atoms. The molecule has 0 saturated carbocycles. The average molecular weight is 271 g/mol.